The highest BCUT2D eigenvalue weighted by Gasteiger charge is 2.08. The number of halogens is 1. The first-order valence-corrected chi connectivity index (χ1v) is 6.28. The van der Waals surface area contributed by atoms with E-state index >= 15 is 0 Å². The van der Waals surface area contributed by atoms with Gasteiger partial charge in [0.25, 0.3) is 0 Å². The van der Waals surface area contributed by atoms with Crippen molar-refractivity contribution in [1.29, 1.82) is 0 Å². The Morgan fingerprint density at radius 2 is 1.88 bits per heavy atom. The number of aryl methyl sites for hydroxylation is 1. The molecule has 0 amide bonds. The van der Waals surface area contributed by atoms with Crippen molar-refractivity contribution in [2.75, 3.05) is 0 Å². The normalized spacial score (nSPS) is 15.6. The van der Waals surface area contributed by atoms with Crippen LogP contribution in [0.1, 0.15) is 19.4 Å². The Bertz CT molecular complexity index is 387. The molecule has 0 bridgehead atoms. The molecular weight excluding hydrogens is 225 g/mol. The van der Waals surface area contributed by atoms with Gasteiger partial charge in [-0.1, -0.05) is 31.5 Å². The van der Waals surface area contributed by atoms with Gasteiger partial charge in [-0.2, -0.15) is 4.40 Å². The molecule has 0 fully saturated rings. The van der Waals surface area contributed by atoms with Crippen LogP contribution in [0, 0.1) is 12.8 Å². The standard InChI is InChI=1S/C12H16FNOS/c1-9(2)12(13)8-14-16(15)11-6-4-10(3)5-7-11/h4-9,12H,1-3H3/b14-8+/t12-,16-/m1/s1. The van der Waals surface area contributed by atoms with Crippen molar-refractivity contribution >= 4 is 17.2 Å². The van der Waals surface area contributed by atoms with E-state index in [1.54, 1.807) is 26.0 Å². The van der Waals surface area contributed by atoms with E-state index in [1.165, 1.54) is 0 Å². The molecule has 0 saturated heterocycles. The molecule has 0 radical (unpaired) electrons. The molecule has 2 nitrogen and oxygen atoms in total. The molecule has 1 rings (SSSR count). The molecular formula is C12H16FNOS. The number of hydrogen-bond donors (Lipinski definition) is 0. The molecule has 16 heavy (non-hydrogen) atoms. The lowest BCUT2D eigenvalue weighted by atomic mass is 10.1. The number of benzene rings is 1. The molecule has 0 spiro atoms. The zero-order valence-electron chi connectivity index (χ0n) is 9.68. The smallest absolute Gasteiger partial charge is 0.172 e. The van der Waals surface area contributed by atoms with Crippen molar-refractivity contribution in [1.82, 2.24) is 0 Å². The van der Waals surface area contributed by atoms with Gasteiger partial charge in [0.15, 0.2) is 11.0 Å². The van der Waals surface area contributed by atoms with Crippen molar-refractivity contribution in [2.45, 2.75) is 31.8 Å². The fourth-order valence-electron chi connectivity index (χ4n) is 1.00. The average molecular weight is 241 g/mol. The van der Waals surface area contributed by atoms with Gasteiger partial charge in [0.05, 0.1) is 4.90 Å². The number of rotatable bonds is 4. The predicted molar refractivity (Wildman–Crippen MR) is 65.8 cm³/mol. The van der Waals surface area contributed by atoms with E-state index in [-0.39, 0.29) is 5.92 Å². The quantitative estimate of drug-likeness (QED) is 0.745. The van der Waals surface area contributed by atoms with Crippen molar-refractivity contribution in [3.63, 3.8) is 0 Å². The summed E-state index contributed by atoms with van der Waals surface area (Å²) >= 11 is 0. The number of nitrogens with zero attached hydrogens (tertiary/aromatic N) is 1. The van der Waals surface area contributed by atoms with Gasteiger partial charge in [-0.05, 0) is 25.0 Å². The molecule has 0 heterocycles. The largest absolute Gasteiger partial charge is 0.241 e. The number of hydrogen-bond acceptors (Lipinski definition) is 1. The molecule has 2 atom stereocenters. The fraction of sp³-hybridized carbons (Fsp3) is 0.417. The Morgan fingerprint density at radius 3 is 2.38 bits per heavy atom. The van der Waals surface area contributed by atoms with Crippen LogP contribution in [-0.2, 0) is 11.0 Å². The molecule has 1 aromatic carbocycles. The summed E-state index contributed by atoms with van der Waals surface area (Å²) < 4.78 is 28.5. The van der Waals surface area contributed by atoms with Crippen molar-refractivity contribution in [2.24, 2.45) is 10.3 Å². The summed E-state index contributed by atoms with van der Waals surface area (Å²) in [6.45, 7) is 5.46. The molecule has 0 aliphatic rings. The summed E-state index contributed by atoms with van der Waals surface area (Å²) in [5.41, 5.74) is 1.09. The zero-order valence-corrected chi connectivity index (χ0v) is 10.5. The molecule has 0 aliphatic heterocycles. The van der Waals surface area contributed by atoms with Crippen LogP contribution < -0.4 is 0 Å². The molecule has 0 aromatic heterocycles. The van der Waals surface area contributed by atoms with Crippen molar-refractivity contribution in [3.05, 3.63) is 29.8 Å². The predicted octanol–water partition coefficient (Wildman–Crippen LogP) is 3.08. The van der Waals surface area contributed by atoms with Crippen LogP contribution in [0.4, 0.5) is 4.39 Å². The van der Waals surface area contributed by atoms with Gasteiger partial charge in [0.2, 0.25) is 0 Å². The SMILES string of the molecule is Cc1ccc([S@@](=O)/N=C/[C@@H](F)C(C)C)cc1. The molecule has 0 aliphatic carbocycles. The number of alkyl halides is 1. The van der Waals surface area contributed by atoms with E-state index < -0.39 is 17.2 Å². The summed E-state index contributed by atoms with van der Waals surface area (Å²) in [7, 11) is -1.50. The Labute approximate surface area is 98.2 Å². The minimum Gasteiger partial charge on any atom is -0.241 e. The highest BCUT2D eigenvalue weighted by molar-refractivity contribution is 7.83. The maximum absolute atomic E-state index is 13.2. The fourth-order valence-corrected chi connectivity index (χ4v) is 1.72. The Kier molecular flexibility index (Phi) is 4.80. The van der Waals surface area contributed by atoms with E-state index in [9.17, 15) is 8.60 Å². The van der Waals surface area contributed by atoms with Gasteiger partial charge in [-0.25, -0.2) is 8.60 Å². The molecule has 0 N–H and O–H groups in total. The lowest BCUT2D eigenvalue weighted by Gasteiger charge is -2.04. The van der Waals surface area contributed by atoms with Crippen LogP contribution >= 0.6 is 0 Å². The summed E-state index contributed by atoms with van der Waals surface area (Å²) in [4.78, 5) is 0.595. The van der Waals surface area contributed by atoms with E-state index in [0.717, 1.165) is 11.8 Å². The van der Waals surface area contributed by atoms with Crippen LogP contribution in [0.25, 0.3) is 0 Å². The van der Waals surface area contributed by atoms with Gasteiger partial charge in [-0.3, -0.25) is 0 Å². The lowest BCUT2D eigenvalue weighted by Crippen LogP contribution is -2.10. The van der Waals surface area contributed by atoms with Crippen molar-refractivity contribution < 1.29 is 8.60 Å². The molecule has 0 saturated carbocycles. The average Bonchev–Trinajstić information content (AvgIpc) is 2.26. The van der Waals surface area contributed by atoms with Crippen LogP contribution in [0.2, 0.25) is 0 Å². The molecule has 0 unspecified atom stereocenters. The topological polar surface area (TPSA) is 29.4 Å². The lowest BCUT2D eigenvalue weighted by molar-refractivity contribution is 0.342. The summed E-state index contributed by atoms with van der Waals surface area (Å²) in [6, 6.07) is 7.20. The Morgan fingerprint density at radius 1 is 1.31 bits per heavy atom. The minimum absolute atomic E-state index is 0.140. The van der Waals surface area contributed by atoms with E-state index in [2.05, 4.69) is 4.40 Å². The molecule has 1 aromatic rings. The second kappa shape index (κ2) is 5.89. The first-order valence-electron chi connectivity index (χ1n) is 5.17. The third-order valence-corrected chi connectivity index (χ3v) is 3.15. The zero-order chi connectivity index (χ0) is 12.1. The maximum Gasteiger partial charge on any atom is 0.172 e. The van der Waals surface area contributed by atoms with Crippen molar-refractivity contribution in [3.8, 4) is 0 Å². The van der Waals surface area contributed by atoms with Gasteiger partial charge in [0, 0.05) is 6.21 Å². The highest BCUT2D eigenvalue weighted by Crippen LogP contribution is 2.10. The van der Waals surface area contributed by atoms with Crippen LogP contribution in [0.5, 0.6) is 0 Å². The summed E-state index contributed by atoms with van der Waals surface area (Å²) in [5.74, 6) is -0.140. The third-order valence-electron chi connectivity index (χ3n) is 2.16. The van der Waals surface area contributed by atoms with Gasteiger partial charge >= 0.3 is 0 Å². The monoisotopic (exact) mass is 241 g/mol. The van der Waals surface area contributed by atoms with Crippen LogP contribution in [-0.4, -0.2) is 16.6 Å². The maximum atomic E-state index is 13.2. The molecule has 88 valence electrons. The highest BCUT2D eigenvalue weighted by atomic mass is 32.2. The second-order valence-corrected chi connectivity index (χ2v) is 5.19. The van der Waals surface area contributed by atoms with E-state index in [0.29, 0.717) is 4.90 Å². The third kappa shape index (κ3) is 3.85. The van der Waals surface area contributed by atoms with E-state index in [1.807, 2.05) is 19.1 Å². The summed E-state index contributed by atoms with van der Waals surface area (Å²) in [6.07, 6.45) is -0.0184. The van der Waals surface area contributed by atoms with E-state index in [4.69, 9.17) is 0 Å². The van der Waals surface area contributed by atoms with Crippen LogP contribution in [0.3, 0.4) is 0 Å². The van der Waals surface area contributed by atoms with Gasteiger partial charge < -0.3 is 0 Å². The van der Waals surface area contributed by atoms with Gasteiger partial charge in [0.1, 0.15) is 6.17 Å². The molecule has 4 heteroatoms. The second-order valence-electron chi connectivity index (χ2n) is 4.01. The summed E-state index contributed by atoms with van der Waals surface area (Å²) in [5, 5.41) is 0. The Balaban J connectivity index is 2.69. The Hall–Kier alpha value is -1.03. The first kappa shape index (κ1) is 13.0. The first-order chi connectivity index (χ1) is 7.50. The van der Waals surface area contributed by atoms with Crippen LogP contribution in [0.15, 0.2) is 33.6 Å². The minimum atomic E-state index is -1.50. The van der Waals surface area contributed by atoms with Gasteiger partial charge in [-0.15, -0.1) is 0 Å².